The minimum atomic E-state index is -0.529. The van der Waals surface area contributed by atoms with Crippen molar-refractivity contribution in [3.8, 4) is 56.5 Å². The monoisotopic (exact) mass is 827 g/mol. The number of benzene rings is 6. The molecule has 3 spiro atoms. The van der Waals surface area contributed by atoms with E-state index in [1.165, 1.54) is 103 Å². The zero-order valence-electron chi connectivity index (χ0n) is 36.1. The van der Waals surface area contributed by atoms with E-state index in [0.29, 0.717) is 16.2 Å². The van der Waals surface area contributed by atoms with Gasteiger partial charge in [-0.2, -0.15) is 0 Å². The predicted octanol–water partition coefficient (Wildman–Crippen LogP) is 13.5. The molecule has 17 rings (SSSR count). The van der Waals surface area contributed by atoms with Gasteiger partial charge in [0.25, 0.3) is 0 Å². The minimum Gasteiger partial charge on any atom is -0.457 e. The first-order chi connectivity index (χ1) is 31.5. The Morgan fingerprint density at radius 2 is 0.922 bits per heavy atom. The molecule has 0 amide bonds. The molecule has 310 valence electrons. The summed E-state index contributed by atoms with van der Waals surface area (Å²) in [5.74, 6) is 10.2. The molecule has 4 heteroatoms. The minimum absolute atomic E-state index is 0.0477. The summed E-state index contributed by atoms with van der Waals surface area (Å²) in [6, 6.07) is 52.0. The van der Waals surface area contributed by atoms with E-state index in [4.69, 9.17) is 19.7 Å². The average Bonchev–Trinajstić information content (AvgIpc) is 4.09. The maximum Gasteiger partial charge on any atom is 0.164 e. The van der Waals surface area contributed by atoms with Gasteiger partial charge in [-0.25, -0.2) is 15.0 Å². The lowest BCUT2D eigenvalue weighted by atomic mass is 9.38. The molecule has 64 heavy (non-hydrogen) atoms. The highest BCUT2D eigenvalue weighted by molar-refractivity contribution is 5.99. The predicted molar refractivity (Wildman–Crippen MR) is 249 cm³/mol. The molecule has 4 atom stereocenters. The van der Waals surface area contributed by atoms with E-state index in [1.54, 1.807) is 5.56 Å². The van der Waals surface area contributed by atoms with Crippen LogP contribution in [0.1, 0.15) is 97.8 Å². The molecule has 0 N–H and O–H groups in total. The van der Waals surface area contributed by atoms with Crippen LogP contribution in [0.5, 0.6) is 11.5 Å². The second kappa shape index (κ2) is 11.1. The van der Waals surface area contributed by atoms with Crippen LogP contribution in [-0.4, -0.2) is 15.0 Å². The Morgan fingerprint density at radius 3 is 1.56 bits per heavy atom. The van der Waals surface area contributed by atoms with Crippen LogP contribution in [-0.2, 0) is 16.2 Å². The number of aromatic nitrogens is 3. The summed E-state index contributed by atoms with van der Waals surface area (Å²) in [6.07, 6.45) is 13.8. The van der Waals surface area contributed by atoms with Crippen molar-refractivity contribution in [1.29, 1.82) is 0 Å². The van der Waals surface area contributed by atoms with Crippen molar-refractivity contribution in [2.24, 2.45) is 46.3 Å². The maximum absolute atomic E-state index is 6.67. The molecular weight excluding hydrogens is 779 g/mol. The Morgan fingerprint density at radius 1 is 0.406 bits per heavy atom. The number of rotatable bonds is 5. The van der Waals surface area contributed by atoms with Gasteiger partial charge in [-0.3, -0.25) is 0 Å². The van der Waals surface area contributed by atoms with Gasteiger partial charge in [0, 0.05) is 27.7 Å². The summed E-state index contributed by atoms with van der Waals surface area (Å²) in [7, 11) is 0. The molecule has 8 saturated carbocycles. The van der Waals surface area contributed by atoms with Crippen LogP contribution in [0, 0.1) is 46.3 Å². The van der Waals surface area contributed by atoms with Gasteiger partial charge in [0.15, 0.2) is 11.6 Å². The summed E-state index contributed by atoms with van der Waals surface area (Å²) >= 11 is 0. The lowest BCUT2D eigenvalue weighted by Gasteiger charge is -2.66. The molecule has 10 aliphatic rings. The first-order valence-corrected chi connectivity index (χ1v) is 24.6. The first kappa shape index (κ1) is 34.5. The molecule has 1 aliphatic heterocycles. The van der Waals surface area contributed by atoms with E-state index >= 15 is 0 Å². The van der Waals surface area contributed by atoms with E-state index in [0.717, 1.165) is 81.2 Å². The van der Waals surface area contributed by atoms with Gasteiger partial charge >= 0.3 is 0 Å². The van der Waals surface area contributed by atoms with Crippen LogP contribution in [0.3, 0.4) is 0 Å². The van der Waals surface area contributed by atoms with Crippen molar-refractivity contribution in [2.75, 3.05) is 0 Å². The van der Waals surface area contributed by atoms with Gasteiger partial charge in [-0.05, 0) is 167 Å². The fraction of sp³-hybridized carbons (Fsp3) is 0.350. The average molecular weight is 828 g/mol. The van der Waals surface area contributed by atoms with Gasteiger partial charge in [-0.15, -0.1) is 0 Å². The molecule has 0 radical (unpaired) electrons. The van der Waals surface area contributed by atoms with Crippen LogP contribution in [0.25, 0.3) is 45.0 Å². The SMILES string of the molecule is c1ccc2c(c1)Oc1ccccc1C21c2ccccc2-c2c(-c3ccccc3-c3nc(-c4ccc(C56CC7CC8CC(C5)C87C6)cc4)nc(C45CC6CC7CC(C4)C76C5)n3)cccc21. The molecular formula is C60H49N3O. The smallest absolute Gasteiger partial charge is 0.164 e. The number of ether oxygens (including phenoxy) is 1. The molecule has 2 heterocycles. The van der Waals surface area contributed by atoms with E-state index in [9.17, 15) is 0 Å². The highest BCUT2D eigenvalue weighted by Crippen LogP contribution is 2.85. The number of nitrogens with zero attached hydrogens (tertiary/aromatic N) is 3. The summed E-state index contributed by atoms with van der Waals surface area (Å²) in [5.41, 5.74) is 14.8. The highest BCUT2D eigenvalue weighted by atomic mass is 16.5. The van der Waals surface area contributed by atoms with Crippen LogP contribution in [0.15, 0.2) is 140 Å². The Kier molecular flexibility index (Phi) is 6.01. The third kappa shape index (κ3) is 3.72. The molecule has 9 aliphatic carbocycles. The van der Waals surface area contributed by atoms with Crippen LogP contribution in [0.4, 0.5) is 0 Å². The molecule has 6 aromatic carbocycles. The molecule has 4 bridgehead atoms. The molecule has 8 fully saturated rings. The molecule has 7 aromatic rings. The first-order valence-electron chi connectivity index (χ1n) is 24.6. The third-order valence-corrected chi connectivity index (χ3v) is 20.9. The van der Waals surface area contributed by atoms with E-state index in [2.05, 4.69) is 140 Å². The molecule has 4 nitrogen and oxygen atoms in total. The summed E-state index contributed by atoms with van der Waals surface area (Å²) in [6.45, 7) is 0. The number of hydrogen-bond acceptors (Lipinski definition) is 4. The Labute approximate surface area is 374 Å². The van der Waals surface area contributed by atoms with E-state index in [1.807, 2.05) is 0 Å². The van der Waals surface area contributed by atoms with E-state index in [-0.39, 0.29) is 5.41 Å². The van der Waals surface area contributed by atoms with Crippen molar-refractivity contribution in [1.82, 2.24) is 15.0 Å². The van der Waals surface area contributed by atoms with Crippen molar-refractivity contribution < 1.29 is 4.74 Å². The quantitative estimate of drug-likeness (QED) is 0.173. The van der Waals surface area contributed by atoms with Crippen LogP contribution < -0.4 is 4.74 Å². The van der Waals surface area contributed by atoms with Gasteiger partial charge < -0.3 is 4.74 Å². The third-order valence-electron chi connectivity index (χ3n) is 20.9. The second-order valence-electron chi connectivity index (χ2n) is 22.6. The normalized spacial score (nSPS) is 35.4. The fourth-order valence-corrected chi connectivity index (χ4v) is 18.6. The highest BCUT2D eigenvalue weighted by Gasteiger charge is 2.79. The molecule has 0 saturated heterocycles. The largest absolute Gasteiger partial charge is 0.457 e. The second-order valence-corrected chi connectivity index (χ2v) is 22.6. The van der Waals surface area contributed by atoms with Gasteiger partial charge in [-0.1, -0.05) is 127 Å². The van der Waals surface area contributed by atoms with Crippen molar-refractivity contribution in [3.05, 3.63) is 173 Å². The van der Waals surface area contributed by atoms with Gasteiger partial charge in [0.1, 0.15) is 17.3 Å². The Bertz CT molecular complexity index is 3180. The fourth-order valence-electron chi connectivity index (χ4n) is 18.6. The summed E-state index contributed by atoms with van der Waals surface area (Å²) in [5, 5.41) is 0. The number of para-hydroxylation sites is 2. The maximum atomic E-state index is 6.67. The summed E-state index contributed by atoms with van der Waals surface area (Å²) < 4.78 is 6.67. The summed E-state index contributed by atoms with van der Waals surface area (Å²) in [4.78, 5) is 16.9. The lowest BCUT2D eigenvalue weighted by molar-refractivity contribution is -0.175. The number of hydrogen-bond donors (Lipinski definition) is 0. The standard InChI is InChI=1S/C60H49N3O/c1-2-11-44(42(10-1)43-13-9-17-49-52(43)45-12-3-4-14-46(45)60(49)47-15-5-7-18-50(47)64-51-19-8-6-16-48(51)60)54-61-53(62-55(63-54)57-30-40-26-37-27-41(31-57)59(37,40)33-57)34-20-22-35(23-21-34)56-28-38-24-36-25-39(29-56)58(36,38)32-56/h1-23,36-41H,24-33H2. The topological polar surface area (TPSA) is 47.9 Å². The van der Waals surface area contributed by atoms with Gasteiger partial charge in [0.05, 0.1) is 5.41 Å². The van der Waals surface area contributed by atoms with Crippen molar-refractivity contribution in [3.63, 3.8) is 0 Å². The Hall–Kier alpha value is -5.87. The van der Waals surface area contributed by atoms with Crippen LogP contribution in [0.2, 0.25) is 0 Å². The van der Waals surface area contributed by atoms with E-state index < -0.39 is 5.41 Å². The van der Waals surface area contributed by atoms with Crippen LogP contribution >= 0.6 is 0 Å². The van der Waals surface area contributed by atoms with Crippen molar-refractivity contribution >= 4 is 0 Å². The zero-order chi connectivity index (χ0) is 41.4. The van der Waals surface area contributed by atoms with Gasteiger partial charge in [0.2, 0.25) is 0 Å². The molecule has 1 aromatic heterocycles. The molecule has 4 unspecified atom stereocenters. The zero-order valence-corrected chi connectivity index (χ0v) is 36.1. The number of fused-ring (bicyclic) bond motifs is 11. The lowest BCUT2D eigenvalue weighted by Crippen LogP contribution is -2.59. The van der Waals surface area contributed by atoms with Crippen molar-refractivity contribution in [2.45, 2.75) is 80.5 Å². The Balaban J connectivity index is 0.849.